The molecule has 1 aliphatic heterocycles. The van der Waals surface area contributed by atoms with Gasteiger partial charge in [-0.25, -0.2) is 0 Å². The van der Waals surface area contributed by atoms with Crippen molar-refractivity contribution in [2.24, 2.45) is 9.98 Å². The van der Waals surface area contributed by atoms with Gasteiger partial charge in [-0.05, 0) is 23.3 Å². The SMILES string of the molecule is C1=Nc2c(cccc2-c2ccccc2)OCCOc2cccc(-c3ccccc3)c2N=1. The highest BCUT2D eigenvalue weighted by Gasteiger charge is 2.14. The van der Waals surface area contributed by atoms with Crippen LogP contribution in [0, 0.1) is 0 Å². The molecule has 0 N–H and O–H groups in total. The van der Waals surface area contributed by atoms with Crippen molar-refractivity contribution in [3.8, 4) is 33.8 Å². The lowest BCUT2D eigenvalue weighted by atomic mass is 10.0. The number of para-hydroxylation sites is 2. The molecule has 4 nitrogen and oxygen atoms in total. The largest absolute Gasteiger partial charge is 0.488 e. The Labute approximate surface area is 181 Å². The summed E-state index contributed by atoms with van der Waals surface area (Å²) in [6, 6.07) is 35.0. The Balaban J connectivity index is 1.66. The predicted octanol–water partition coefficient (Wildman–Crippen LogP) is 6.93. The Bertz CT molecular complexity index is 1160. The van der Waals surface area contributed by atoms with Crippen LogP contribution in [0.1, 0.15) is 0 Å². The highest BCUT2D eigenvalue weighted by atomic mass is 16.5. The van der Waals surface area contributed by atoms with E-state index < -0.39 is 0 Å². The lowest BCUT2D eigenvalue weighted by Crippen LogP contribution is -2.09. The van der Waals surface area contributed by atoms with Crippen LogP contribution in [0.4, 0.5) is 11.4 Å². The van der Waals surface area contributed by atoms with Gasteiger partial charge >= 0.3 is 0 Å². The zero-order chi connectivity index (χ0) is 20.9. The van der Waals surface area contributed by atoms with Crippen molar-refractivity contribution in [1.29, 1.82) is 0 Å². The van der Waals surface area contributed by atoms with Crippen LogP contribution in [-0.4, -0.2) is 19.2 Å². The molecule has 31 heavy (non-hydrogen) atoms. The molecule has 0 atom stereocenters. The Morgan fingerprint density at radius 3 is 1.42 bits per heavy atom. The van der Waals surface area contributed by atoms with Crippen LogP contribution < -0.4 is 9.47 Å². The zero-order valence-electron chi connectivity index (χ0n) is 16.9. The summed E-state index contributed by atoms with van der Waals surface area (Å²) in [5, 5.41) is 0. The molecule has 0 bridgehead atoms. The third-order valence-electron chi connectivity index (χ3n) is 5.09. The first-order chi connectivity index (χ1) is 15.4. The molecule has 0 spiro atoms. The van der Waals surface area contributed by atoms with Gasteiger partial charge in [0.25, 0.3) is 0 Å². The Morgan fingerprint density at radius 1 is 0.516 bits per heavy atom. The summed E-state index contributed by atoms with van der Waals surface area (Å²) in [7, 11) is 0. The highest BCUT2D eigenvalue weighted by Crippen LogP contribution is 2.40. The topological polar surface area (TPSA) is 43.2 Å². The molecule has 0 saturated heterocycles. The average molecular weight is 404 g/mol. The molecular weight excluding hydrogens is 384 g/mol. The number of hydrogen-bond acceptors (Lipinski definition) is 4. The van der Waals surface area contributed by atoms with E-state index in [0.29, 0.717) is 36.1 Å². The minimum Gasteiger partial charge on any atom is -0.488 e. The standard InChI is InChI=1S/C27H20N2O2/c1-3-9-20(10-4-1)22-13-7-15-24-26(22)28-19-29-27-23(21-11-5-2-6-12-21)14-8-16-25(27)31-18-17-30-24/h1-16H,17-18H2. The van der Waals surface area contributed by atoms with Crippen LogP contribution in [0.2, 0.25) is 0 Å². The Hall–Kier alpha value is -4.14. The van der Waals surface area contributed by atoms with Crippen LogP contribution in [0.15, 0.2) is 107 Å². The molecular formula is C27H20N2O2. The second-order valence-electron chi connectivity index (χ2n) is 7.06. The average Bonchev–Trinajstić information content (AvgIpc) is 2.88. The summed E-state index contributed by atoms with van der Waals surface area (Å²) < 4.78 is 12.0. The van der Waals surface area contributed by atoms with Gasteiger partial charge in [-0.2, -0.15) is 9.98 Å². The number of aliphatic imine (C=N–C) groups is 2. The van der Waals surface area contributed by atoms with Gasteiger partial charge in [0.2, 0.25) is 0 Å². The molecule has 0 unspecified atom stereocenters. The van der Waals surface area contributed by atoms with Crippen molar-refractivity contribution in [2.45, 2.75) is 0 Å². The van der Waals surface area contributed by atoms with Gasteiger partial charge in [0, 0.05) is 11.1 Å². The molecule has 0 saturated carbocycles. The van der Waals surface area contributed by atoms with Crippen molar-refractivity contribution in [3.63, 3.8) is 0 Å². The van der Waals surface area contributed by atoms with E-state index in [9.17, 15) is 0 Å². The van der Waals surface area contributed by atoms with Gasteiger partial charge in [-0.1, -0.05) is 84.9 Å². The van der Waals surface area contributed by atoms with E-state index in [2.05, 4.69) is 40.3 Å². The molecule has 150 valence electrons. The molecule has 4 aromatic rings. The van der Waals surface area contributed by atoms with Gasteiger partial charge in [0.1, 0.15) is 42.1 Å². The van der Waals surface area contributed by atoms with E-state index in [4.69, 9.17) is 9.47 Å². The third kappa shape index (κ3) is 3.97. The smallest absolute Gasteiger partial charge is 0.146 e. The molecule has 4 heteroatoms. The van der Waals surface area contributed by atoms with E-state index in [1.54, 1.807) is 0 Å². The van der Waals surface area contributed by atoms with Crippen molar-refractivity contribution < 1.29 is 9.47 Å². The molecule has 4 aromatic carbocycles. The van der Waals surface area contributed by atoms with Gasteiger partial charge in [0.15, 0.2) is 0 Å². The molecule has 5 rings (SSSR count). The lowest BCUT2D eigenvalue weighted by molar-refractivity contribution is 0.218. The van der Waals surface area contributed by atoms with Crippen LogP contribution in [0.3, 0.4) is 0 Å². The van der Waals surface area contributed by atoms with Crippen molar-refractivity contribution >= 4 is 17.4 Å². The van der Waals surface area contributed by atoms with Crippen LogP contribution >= 0.6 is 0 Å². The summed E-state index contributed by atoms with van der Waals surface area (Å²) in [5.74, 6) is 1.36. The fourth-order valence-corrected chi connectivity index (χ4v) is 3.64. The minimum atomic E-state index is 0.399. The van der Waals surface area contributed by atoms with Crippen molar-refractivity contribution in [1.82, 2.24) is 0 Å². The van der Waals surface area contributed by atoms with Crippen LogP contribution in [-0.2, 0) is 0 Å². The predicted molar refractivity (Wildman–Crippen MR) is 124 cm³/mol. The monoisotopic (exact) mass is 404 g/mol. The number of nitrogens with zero attached hydrogens (tertiary/aromatic N) is 2. The second-order valence-corrected chi connectivity index (χ2v) is 7.06. The number of rotatable bonds is 2. The minimum absolute atomic E-state index is 0.399. The molecule has 0 amide bonds. The summed E-state index contributed by atoms with van der Waals surface area (Å²) in [6.07, 6.45) is 0. The first-order valence-electron chi connectivity index (χ1n) is 10.2. The van der Waals surface area contributed by atoms with Gasteiger partial charge in [-0.15, -0.1) is 0 Å². The van der Waals surface area contributed by atoms with Crippen molar-refractivity contribution in [3.05, 3.63) is 97.1 Å². The molecule has 0 aliphatic carbocycles. The normalized spacial score (nSPS) is 12.6. The maximum absolute atomic E-state index is 6.01. The van der Waals surface area contributed by atoms with E-state index in [1.807, 2.05) is 72.8 Å². The van der Waals surface area contributed by atoms with Crippen LogP contribution in [0.25, 0.3) is 22.3 Å². The molecule has 1 heterocycles. The summed E-state index contributed by atoms with van der Waals surface area (Å²) >= 11 is 0. The van der Waals surface area contributed by atoms with Crippen LogP contribution in [0.5, 0.6) is 11.5 Å². The molecule has 1 aliphatic rings. The van der Waals surface area contributed by atoms with E-state index in [0.717, 1.165) is 22.3 Å². The Morgan fingerprint density at radius 2 is 0.968 bits per heavy atom. The fourth-order valence-electron chi connectivity index (χ4n) is 3.64. The maximum atomic E-state index is 6.01. The number of fused-ring (bicyclic) bond motifs is 2. The van der Waals surface area contributed by atoms with Crippen molar-refractivity contribution in [2.75, 3.05) is 13.2 Å². The zero-order valence-corrected chi connectivity index (χ0v) is 16.9. The quantitative estimate of drug-likeness (QED) is 0.364. The number of ether oxygens (including phenoxy) is 2. The van der Waals surface area contributed by atoms with Gasteiger partial charge in [-0.3, -0.25) is 0 Å². The third-order valence-corrected chi connectivity index (χ3v) is 5.09. The molecule has 0 fully saturated rings. The van der Waals surface area contributed by atoms with Gasteiger partial charge in [0.05, 0.1) is 0 Å². The molecule has 0 radical (unpaired) electrons. The highest BCUT2D eigenvalue weighted by molar-refractivity contribution is 5.84. The lowest BCUT2D eigenvalue weighted by Gasteiger charge is -2.13. The van der Waals surface area contributed by atoms with E-state index >= 15 is 0 Å². The Kier molecular flexibility index (Phi) is 5.29. The number of hydrogen-bond donors (Lipinski definition) is 0. The van der Waals surface area contributed by atoms with E-state index in [-0.39, 0.29) is 0 Å². The number of benzene rings is 4. The molecule has 0 aromatic heterocycles. The maximum Gasteiger partial charge on any atom is 0.146 e. The first-order valence-corrected chi connectivity index (χ1v) is 10.2. The summed E-state index contributed by atoms with van der Waals surface area (Å²) in [6.45, 7) is 0.797. The second kappa shape index (κ2) is 8.70. The summed E-state index contributed by atoms with van der Waals surface area (Å²) in [4.78, 5) is 9.21. The first kappa shape index (κ1) is 18.9. The summed E-state index contributed by atoms with van der Waals surface area (Å²) in [5.41, 5.74) is 5.47. The van der Waals surface area contributed by atoms with E-state index in [1.165, 1.54) is 0 Å². The van der Waals surface area contributed by atoms with Gasteiger partial charge < -0.3 is 9.47 Å². The fraction of sp³-hybridized carbons (Fsp3) is 0.0741.